The van der Waals surface area contributed by atoms with Crippen LogP contribution in [0.2, 0.25) is 0 Å². The van der Waals surface area contributed by atoms with Gasteiger partial charge in [0.15, 0.2) is 0 Å². The molecule has 1 aromatic rings. The first-order valence-electron chi connectivity index (χ1n) is 8.35. The summed E-state index contributed by atoms with van der Waals surface area (Å²) in [5.74, 6) is -2.12. The number of ether oxygens (including phenoxy) is 1. The normalized spacial score (nSPS) is 25.3. The summed E-state index contributed by atoms with van der Waals surface area (Å²) in [6, 6.07) is 0. The van der Waals surface area contributed by atoms with Crippen molar-refractivity contribution in [3.63, 3.8) is 0 Å². The molecule has 3 rings (SSSR count). The van der Waals surface area contributed by atoms with Gasteiger partial charge in [0.1, 0.15) is 11.1 Å². The summed E-state index contributed by atoms with van der Waals surface area (Å²) in [6.45, 7) is 2.89. The molecule has 0 spiro atoms. The van der Waals surface area contributed by atoms with Crippen molar-refractivity contribution in [2.45, 2.75) is 37.8 Å². The molecular weight excluding hydrogens is 387 g/mol. The number of amides is 1. The van der Waals surface area contributed by atoms with Gasteiger partial charge in [-0.3, -0.25) is 9.69 Å². The molecule has 27 heavy (non-hydrogen) atoms. The van der Waals surface area contributed by atoms with Crippen molar-refractivity contribution in [2.24, 2.45) is 5.92 Å². The maximum Gasteiger partial charge on any atom is 0.490 e. The number of carboxylic acid groups (broad SMARTS) is 1. The van der Waals surface area contributed by atoms with Crippen molar-refractivity contribution >= 4 is 23.2 Å². The zero-order chi connectivity index (χ0) is 20.2. The number of likely N-dealkylation sites (N-methyl/N-ethyl adjacent to an activating group) is 1. The number of carbonyl (C=O) groups is 2. The van der Waals surface area contributed by atoms with Crippen LogP contribution in [0.5, 0.6) is 0 Å². The second-order valence-corrected chi connectivity index (χ2v) is 7.62. The molecule has 0 bridgehead atoms. The average molecular weight is 409 g/mol. The predicted molar refractivity (Wildman–Crippen MR) is 91.2 cm³/mol. The number of carbonyl (C=O) groups excluding carboxylic acids is 1. The van der Waals surface area contributed by atoms with Gasteiger partial charge in [-0.15, -0.1) is 11.3 Å². The molecule has 11 heteroatoms. The Hall–Kier alpha value is -1.72. The first-order valence-corrected chi connectivity index (χ1v) is 9.23. The van der Waals surface area contributed by atoms with Crippen LogP contribution in [0.15, 0.2) is 11.6 Å². The highest BCUT2D eigenvalue weighted by molar-refractivity contribution is 7.09. The van der Waals surface area contributed by atoms with Gasteiger partial charge in [0.05, 0.1) is 12.6 Å². The van der Waals surface area contributed by atoms with Crippen LogP contribution in [0.4, 0.5) is 13.2 Å². The lowest BCUT2D eigenvalue weighted by molar-refractivity contribution is -0.192. The number of aromatic nitrogens is 1. The van der Waals surface area contributed by atoms with Gasteiger partial charge in [-0.05, 0) is 25.3 Å². The number of alkyl halides is 3. The Morgan fingerprint density at radius 3 is 2.63 bits per heavy atom. The minimum atomic E-state index is -5.08. The Balaban J connectivity index is 0.000000321. The van der Waals surface area contributed by atoms with Gasteiger partial charge in [-0.1, -0.05) is 0 Å². The average Bonchev–Trinajstić information content (AvgIpc) is 3.22. The number of thiazole rings is 1. The number of piperidine rings is 1. The maximum atomic E-state index is 12.0. The lowest BCUT2D eigenvalue weighted by Gasteiger charge is -2.33. The van der Waals surface area contributed by atoms with Crippen LogP contribution in [0.3, 0.4) is 0 Å². The summed E-state index contributed by atoms with van der Waals surface area (Å²) in [7, 11) is 3.59. The third kappa shape index (κ3) is 6.15. The van der Waals surface area contributed by atoms with E-state index in [4.69, 9.17) is 14.6 Å². The summed E-state index contributed by atoms with van der Waals surface area (Å²) in [5, 5.41) is 10.3. The lowest BCUT2D eigenvalue weighted by Crippen LogP contribution is -2.42. The Morgan fingerprint density at radius 2 is 2.11 bits per heavy atom. The van der Waals surface area contributed by atoms with Crippen molar-refractivity contribution in [2.75, 3.05) is 27.2 Å². The van der Waals surface area contributed by atoms with Crippen molar-refractivity contribution in [3.05, 3.63) is 16.6 Å². The van der Waals surface area contributed by atoms with Crippen LogP contribution < -0.4 is 0 Å². The van der Waals surface area contributed by atoms with Gasteiger partial charge < -0.3 is 14.7 Å². The molecule has 152 valence electrons. The minimum Gasteiger partial charge on any atom is -0.475 e. The Morgan fingerprint density at radius 1 is 1.44 bits per heavy atom. The van der Waals surface area contributed by atoms with Crippen LogP contribution in [0, 0.1) is 5.92 Å². The molecular formula is C16H22F3N3O4S. The minimum absolute atomic E-state index is 0.103. The van der Waals surface area contributed by atoms with Crippen LogP contribution >= 0.6 is 11.3 Å². The third-order valence-electron chi connectivity index (χ3n) is 4.44. The first kappa shape index (κ1) is 21.6. The van der Waals surface area contributed by atoms with Crippen LogP contribution in [0.1, 0.15) is 17.8 Å². The summed E-state index contributed by atoms with van der Waals surface area (Å²) in [6.07, 6.45) is -1.26. The SMILES string of the molecule is CN(C)C(=O)[C@@H]1C[C@@H]2CCN(Cc3nccs3)C[C@H]2O1.O=C(O)C(F)(F)F. The van der Waals surface area contributed by atoms with Gasteiger partial charge in [0, 0.05) is 32.2 Å². The summed E-state index contributed by atoms with van der Waals surface area (Å²) in [5.41, 5.74) is 0. The number of nitrogens with zero attached hydrogens (tertiary/aromatic N) is 3. The predicted octanol–water partition coefficient (Wildman–Crippen LogP) is 1.84. The van der Waals surface area contributed by atoms with Crippen LogP contribution in [0.25, 0.3) is 0 Å². The number of likely N-dealkylation sites (tertiary alicyclic amines) is 1. The molecule has 2 aliphatic rings. The molecule has 0 aromatic carbocycles. The fourth-order valence-electron chi connectivity index (χ4n) is 3.11. The number of aliphatic carboxylic acids is 1. The number of halogens is 3. The molecule has 0 radical (unpaired) electrons. The van der Waals surface area contributed by atoms with E-state index < -0.39 is 12.1 Å². The fourth-order valence-corrected chi connectivity index (χ4v) is 3.77. The number of carboxylic acids is 1. The first-order chi connectivity index (χ1) is 12.6. The van der Waals surface area contributed by atoms with Gasteiger partial charge in [0.2, 0.25) is 0 Å². The molecule has 0 saturated carbocycles. The van der Waals surface area contributed by atoms with E-state index in [0.717, 1.165) is 37.5 Å². The summed E-state index contributed by atoms with van der Waals surface area (Å²) in [4.78, 5) is 29.3. The highest BCUT2D eigenvalue weighted by atomic mass is 32.1. The van der Waals surface area contributed by atoms with E-state index in [9.17, 15) is 18.0 Å². The lowest BCUT2D eigenvalue weighted by atomic mass is 9.91. The van der Waals surface area contributed by atoms with E-state index in [1.807, 2.05) is 11.6 Å². The molecule has 2 saturated heterocycles. The number of hydrogen-bond acceptors (Lipinski definition) is 6. The Kier molecular flexibility index (Phi) is 7.18. The molecule has 1 aromatic heterocycles. The van der Waals surface area contributed by atoms with Crippen molar-refractivity contribution < 1.29 is 32.6 Å². The highest BCUT2D eigenvalue weighted by Gasteiger charge is 2.42. The molecule has 0 unspecified atom stereocenters. The molecule has 7 nitrogen and oxygen atoms in total. The monoisotopic (exact) mass is 409 g/mol. The van der Waals surface area contributed by atoms with E-state index in [1.165, 1.54) is 0 Å². The summed E-state index contributed by atoms with van der Waals surface area (Å²) < 4.78 is 37.7. The van der Waals surface area contributed by atoms with Gasteiger partial charge in [-0.25, -0.2) is 9.78 Å². The fraction of sp³-hybridized carbons (Fsp3) is 0.688. The number of fused-ring (bicyclic) bond motifs is 1. The van der Waals surface area contributed by atoms with Crippen molar-refractivity contribution in [3.8, 4) is 0 Å². The molecule has 2 fully saturated rings. The van der Waals surface area contributed by atoms with Crippen molar-refractivity contribution in [1.29, 1.82) is 0 Å². The second-order valence-electron chi connectivity index (χ2n) is 6.64. The Bertz CT molecular complexity index is 639. The third-order valence-corrected chi connectivity index (χ3v) is 5.20. The number of hydrogen-bond donors (Lipinski definition) is 1. The molecule has 1 amide bonds. The van der Waals surface area contributed by atoms with E-state index in [2.05, 4.69) is 9.88 Å². The van der Waals surface area contributed by atoms with Gasteiger partial charge in [0.25, 0.3) is 5.91 Å². The van der Waals surface area contributed by atoms with Crippen LogP contribution in [-0.4, -0.2) is 77.3 Å². The standard InChI is InChI=1S/C14H21N3O2S.C2HF3O2/c1-16(2)14(18)11-7-10-3-5-17(8-12(10)19-11)9-13-15-4-6-20-13;3-2(4,5)1(6)7/h4,6,10-12H,3,5,7-9H2,1-2H3;(H,6,7)/t10-,11-,12+;/m0./s1. The summed E-state index contributed by atoms with van der Waals surface area (Å²) >= 11 is 1.70. The maximum absolute atomic E-state index is 12.0. The van der Waals surface area contributed by atoms with E-state index in [-0.39, 0.29) is 18.1 Å². The topological polar surface area (TPSA) is 83.0 Å². The van der Waals surface area contributed by atoms with Gasteiger partial charge >= 0.3 is 12.1 Å². The molecule has 1 N–H and O–H groups in total. The number of rotatable bonds is 3. The zero-order valence-electron chi connectivity index (χ0n) is 15.0. The van der Waals surface area contributed by atoms with E-state index in [0.29, 0.717) is 5.92 Å². The molecule has 2 aliphatic heterocycles. The highest BCUT2D eigenvalue weighted by Crippen LogP contribution is 2.34. The van der Waals surface area contributed by atoms with E-state index in [1.54, 1.807) is 30.3 Å². The molecule has 0 aliphatic carbocycles. The second kappa shape index (κ2) is 8.98. The quantitative estimate of drug-likeness (QED) is 0.821. The van der Waals surface area contributed by atoms with Crippen molar-refractivity contribution in [1.82, 2.24) is 14.8 Å². The largest absolute Gasteiger partial charge is 0.490 e. The zero-order valence-corrected chi connectivity index (χ0v) is 15.8. The molecule has 3 heterocycles. The smallest absolute Gasteiger partial charge is 0.475 e. The van der Waals surface area contributed by atoms with E-state index >= 15 is 0 Å². The Labute approximate surface area is 158 Å². The van der Waals surface area contributed by atoms with Gasteiger partial charge in [-0.2, -0.15) is 13.2 Å². The van der Waals surface area contributed by atoms with Crippen LogP contribution in [-0.2, 0) is 20.9 Å². The molecule has 3 atom stereocenters.